The van der Waals surface area contributed by atoms with Gasteiger partial charge in [-0.15, -0.1) is 11.6 Å². The summed E-state index contributed by atoms with van der Waals surface area (Å²) in [6, 6.07) is 0. The summed E-state index contributed by atoms with van der Waals surface area (Å²) in [5.41, 5.74) is 0.430. The summed E-state index contributed by atoms with van der Waals surface area (Å²) >= 11 is 7.96. The highest BCUT2D eigenvalue weighted by Gasteiger charge is 2.28. The number of hydrogen-bond acceptors (Lipinski definition) is 1. The van der Waals surface area contributed by atoms with Crippen molar-refractivity contribution in [2.24, 2.45) is 5.41 Å². The van der Waals surface area contributed by atoms with Crippen molar-refractivity contribution < 1.29 is 0 Å². The van der Waals surface area contributed by atoms with Gasteiger partial charge in [0.1, 0.15) is 0 Å². The number of rotatable bonds is 4. The van der Waals surface area contributed by atoms with Gasteiger partial charge in [0, 0.05) is 5.88 Å². The maximum atomic E-state index is 6.03. The average Bonchev–Trinajstić information content (AvgIpc) is 2.16. The van der Waals surface area contributed by atoms with Gasteiger partial charge in [-0.2, -0.15) is 11.8 Å². The van der Waals surface area contributed by atoms with Crippen LogP contribution in [0.15, 0.2) is 12.2 Å². The maximum absolute atomic E-state index is 6.03. The van der Waals surface area contributed by atoms with Gasteiger partial charge < -0.3 is 0 Å². The number of thioether (sulfide) groups is 1. The summed E-state index contributed by atoms with van der Waals surface area (Å²) in [5.74, 6) is 2.08. The Kier molecular flexibility index (Phi) is 4.52. The lowest BCUT2D eigenvalue weighted by Crippen LogP contribution is -2.24. The van der Waals surface area contributed by atoms with Gasteiger partial charge >= 0.3 is 0 Å². The smallest absolute Gasteiger partial charge is 0.0283 e. The Hall–Kier alpha value is 0.380. The van der Waals surface area contributed by atoms with Gasteiger partial charge in [-0.1, -0.05) is 12.2 Å². The summed E-state index contributed by atoms with van der Waals surface area (Å²) < 4.78 is 0. The van der Waals surface area contributed by atoms with Crippen LogP contribution in [0.1, 0.15) is 25.7 Å². The molecular formula is C10H17ClS. The Morgan fingerprint density at radius 1 is 1.50 bits per heavy atom. The van der Waals surface area contributed by atoms with Crippen LogP contribution in [-0.4, -0.2) is 17.9 Å². The van der Waals surface area contributed by atoms with E-state index in [2.05, 4.69) is 18.4 Å². The first-order chi connectivity index (χ1) is 5.83. The SMILES string of the molecule is CSCCC1(CCl)CC=CCC1. The molecule has 1 atom stereocenters. The second kappa shape index (κ2) is 5.18. The van der Waals surface area contributed by atoms with E-state index in [-0.39, 0.29) is 0 Å². The third-order valence-electron chi connectivity index (χ3n) is 2.68. The molecule has 0 bridgehead atoms. The van der Waals surface area contributed by atoms with Crippen LogP contribution in [0.4, 0.5) is 0 Å². The van der Waals surface area contributed by atoms with Gasteiger partial charge in [-0.3, -0.25) is 0 Å². The molecule has 1 aliphatic carbocycles. The van der Waals surface area contributed by atoms with Crippen molar-refractivity contribution in [3.8, 4) is 0 Å². The molecule has 0 amide bonds. The Balaban J connectivity index is 2.44. The van der Waals surface area contributed by atoms with Crippen LogP contribution in [0.5, 0.6) is 0 Å². The molecule has 0 aromatic carbocycles. The molecule has 1 rings (SSSR count). The predicted octanol–water partition coefficient (Wildman–Crippen LogP) is 3.70. The van der Waals surface area contributed by atoms with E-state index >= 15 is 0 Å². The maximum Gasteiger partial charge on any atom is 0.0283 e. The van der Waals surface area contributed by atoms with Crippen molar-refractivity contribution in [1.29, 1.82) is 0 Å². The Morgan fingerprint density at radius 3 is 2.83 bits per heavy atom. The van der Waals surface area contributed by atoms with Gasteiger partial charge in [0.25, 0.3) is 0 Å². The van der Waals surface area contributed by atoms with Gasteiger partial charge in [0.2, 0.25) is 0 Å². The lowest BCUT2D eigenvalue weighted by atomic mass is 9.77. The molecule has 0 N–H and O–H groups in total. The zero-order chi connectivity index (χ0) is 8.86. The minimum Gasteiger partial charge on any atom is -0.165 e. The molecule has 0 spiro atoms. The fraction of sp³-hybridized carbons (Fsp3) is 0.800. The van der Waals surface area contributed by atoms with Crippen molar-refractivity contribution in [3.05, 3.63) is 12.2 Å². The number of alkyl halides is 1. The third-order valence-corrected chi connectivity index (χ3v) is 3.86. The average molecular weight is 205 g/mol. The van der Waals surface area contributed by atoms with Crippen molar-refractivity contribution in [1.82, 2.24) is 0 Å². The first kappa shape index (κ1) is 10.5. The normalized spacial score (nSPS) is 29.2. The Bertz CT molecular complexity index is 156. The van der Waals surface area contributed by atoms with E-state index in [0.717, 1.165) is 5.88 Å². The van der Waals surface area contributed by atoms with Crippen LogP contribution < -0.4 is 0 Å². The highest BCUT2D eigenvalue weighted by Crippen LogP contribution is 2.37. The van der Waals surface area contributed by atoms with Crippen LogP contribution in [0, 0.1) is 5.41 Å². The molecule has 0 aliphatic heterocycles. The van der Waals surface area contributed by atoms with Gasteiger partial charge in [0.05, 0.1) is 0 Å². The third kappa shape index (κ3) is 2.70. The Morgan fingerprint density at radius 2 is 2.33 bits per heavy atom. The van der Waals surface area contributed by atoms with Crippen LogP contribution in [-0.2, 0) is 0 Å². The summed E-state index contributed by atoms with van der Waals surface area (Å²) in [4.78, 5) is 0. The molecule has 1 aliphatic rings. The fourth-order valence-corrected chi connectivity index (χ4v) is 2.69. The second-order valence-corrected chi connectivity index (χ2v) is 4.84. The van der Waals surface area contributed by atoms with Crippen molar-refractivity contribution in [2.45, 2.75) is 25.7 Å². The largest absolute Gasteiger partial charge is 0.165 e. The van der Waals surface area contributed by atoms with Crippen LogP contribution in [0.3, 0.4) is 0 Å². The summed E-state index contributed by atoms with van der Waals surface area (Å²) in [7, 11) is 0. The molecule has 0 aromatic rings. The van der Waals surface area contributed by atoms with Gasteiger partial charge in [0.15, 0.2) is 0 Å². The van der Waals surface area contributed by atoms with E-state index in [0.29, 0.717) is 5.41 Å². The summed E-state index contributed by atoms with van der Waals surface area (Å²) in [6.07, 6.45) is 11.7. The van der Waals surface area contributed by atoms with E-state index in [1.807, 2.05) is 11.8 Å². The number of halogens is 1. The first-order valence-electron chi connectivity index (χ1n) is 4.53. The van der Waals surface area contributed by atoms with Crippen molar-refractivity contribution >= 4 is 23.4 Å². The standard InChI is InChI=1S/C10H17ClS/c1-12-8-7-10(9-11)5-3-2-4-6-10/h2-3H,4-9H2,1H3. The highest BCUT2D eigenvalue weighted by atomic mass is 35.5. The predicted molar refractivity (Wildman–Crippen MR) is 59.1 cm³/mol. The van der Waals surface area contributed by atoms with Crippen LogP contribution in [0.25, 0.3) is 0 Å². The van der Waals surface area contributed by atoms with Crippen LogP contribution in [0.2, 0.25) is 0 Å². The Labute approximate surface area is 84.8 Å². The lowest BCUT2D eigenvalue weighted by molar-refractivity contribution is 0.289. The molecule has 0 nitrogen and oxygen atoms in total. The van der Waals surface area contributed by atoms with Crippen LogP contribution >= 0.6 is 23.4 Å². The van der Waals surface area contributed by atoms with E-state index < -0.39 is 0 Å². The molecule has 12 heavy (non-hydrogen) atoms. The minimum atomic E-state index is 0.430. The van der Waals surface area contributed by atoms with Gasteiger partial charge in [-0.25, -0.2) is 0 Å². The van der Waals surface area contributed by atoms with E-state index in [9.17, 15) is 0 Å². The molecule has 1 unspecified atom stereocenters. The molecule has 0 fully saturated rings. The molecule has 2 heteroatoms. The molecule has 0 heterocycles. The quantitative estimate of drug-likeness (QED) is 0.497. The van der Waals surface area contributed by atoms with E-state index in [1.165, 1.54) is 31.4 Å². The monoisotopic (exact) mass is 204 g/mol. The zero-order valence-electron chi connectivity index (χ0n) is 7.68. The molecule has 0 aromatic heterocycles. The topological polar surface area (TPSA) is 0 Å². The zero-order valence-corrected chi connectivity index (χ0v) is 9.26. The van der Waals surface area contributed by atoms with E-state index in [4.69, 9.17) is 11.6 Å². The minimum absolute atomic E-state index is 0.430. The first-order valence-corrected chi connectivity index (χ1v) is 6.46. The molecule has 0 radical (unpaired) electrons. The number of hydrogen-bond donors (Lipinski definition) is 0. The van der Waals surface area contributed by atoms with Gasteiger partial charge in [-0.05, 0) is 43.1 Å². The molecule has 0 saturated heterocycles. The molecular weight excluding hydrogens is 188 g/mol. The molecule has 0 saturated carbocycles. The summed E-state index contributed by atoms with van der Waals surface area (Å²) in [5, 5.41) is 0. The highest BCUT2D eigenvalue weighted by molar-refractivity contribution is 7.98. The number of allylic oxidation sites excluding steroid dienone is 2. The summed E-state index contributed by atoms with van der Waals surface area (Å²) in [6.45, 7) is 0. The second-order valence-electron chi connectivity index (χ2n) is 3.59. The van der Waals surface area contributed by atoms with Crippen molar-refractivity contribution in [3.63, 3.8) is 0 Å². The molecule has 70 valence electrons. The lowest BCUT2D eigenvalue weighted by Gasteiger charge is -2.32. The fourth-order valence-electron chi connectivity index (χ4n) is 1.68. The van der Waals surface area contributed by atoms with Crippen molar-refractivity contribution in [2.75, 3.05) is 17.9 Å². The van der Waals surface area contributed by atoms with E-state index in [1.54, 1.807) is 0 Å².